The zero-order valence-electron chi connectivity index (χ0n) is 16.0. The number of alkyl halides is 3. The number of carbonyl (C=O) groups excluding carboxylic acids is 1. The van der Waals surface area contributed by atoms with Gasteiger partial charge < -0.3 is 4.74 Å². The van der Waals surface area contributed by atoms with Crippen LogP contribution >= 0.6 is 34.8 Å². The quantitative estimate of drug-likeness (QED) is 0.367. The van der Waals surface area contributed by atoms with Gasteiger partial charge >= 0.3 is 5.97 Å². The zero-order chi connectivity index (χ0) is 20.4. The molecule has 1 fully saturated rings. The minimum atomic E-state index is -1.57. The van der Waals surface area contributed by atoms with E-state index in [1.54, 1.807) is 0 Å². The highest BCUT2D eigenvalue weighted by Crippen LogP contribution is 2.29. The van der Waals surface area contributed by atoms with Crippen LogP contribution in [0.5, 0.6) is 0 Å². The van der Waals surface area contributed by atoms with E-state index in [9.17, 15) is 4.79 Å². The summed E-state index contributed by atoms with van der Waals surface area (Å²) >= 11 is 17.1. The largest absolute Gasteiger partial charge is 0.461 e. The van der Waals surface area contributed by atoms with E-state index < -0.39 is 3.79 Å². The van der Waals surface area contributed by atoms with Crippen molar-refractivity contribution in [1.82, 2.24) is 0 Å². The lowest BCUT2D eigenvalue weighted by atomic mass is 9.93. The first-order valence-electron chi connectivity index (χ1n) is 9.94. The van der Waals surface area contributed by atoms with E-state index in [1.807, 2.05) is 0 Å². The van der Waals surface area contributed by atoms with Gasteiger partial charge in [0.25, 0.3) is 0 Å². The molecule has 0 bridgehead atoms. The highest BCUT2D eigenvalue weighted by Gasteiger charge is 2.34. The molecular formula is C23H23Cl3NO2+. The van der Waals surface area contributed by atoms with Crippen LogP contribution in [-0.4, -0.2) is 39.7 Å². The Morgan fingerprint density at radius 2 is 1.45 bits per heavy atom. The summed E-state index contributed by atoms with van der Waals surface area (Å²) in [5, 5.41) is 0. The van der Waals surface area contributed by atoms with Crippen LogP contribution in [0.3, 0.4) is 0 Å². The monoisotopic (exact) mass is 450 g/mol. The van der Waals surface area contributed by atoms with E-state index in [0.717, 1.165) is 38.8 Å². The summed E-state index contributed by atoms with van der Waals surface area (Å²) in [5.74, 6) is -0.432. The first-order chi connectivity index (χ1) is 13.9. The van der Waals surface area contributed by atoms with Crippen LogP contribution < -0.4 is 0 Å². The fourth-order valence-corrected chi connectivity index (χ4v) is 4.47. The van der Waals surface area contributed by atoms with Crippen LogP contribution in [0.15, 0.2) is 48.5 Å². The lowest BCUT2D eigenvalue weighted by Gasteiger charge is -2.22. The van der Waals surface area contributed by atoms with Gasteiger partial charge in [0.15, 0.2) is 0 Å². The molecule has 29 heavy (non-hydrogen) atoms. The van der Waals surface area contributed by atoms with Gasteiger partial charge in [0.05, 0.1) is 5.92 Å². The molecule has 3 nitrogen and oxygen atoms in total. The maximum Gasteiger partial charge on any atom is 0.309 e. The Morgan fingerprint density at radius 1 is 0.931 bits per heavy atom. The SMILES string of the molecule is O=C(OCC(Cl)(Cl)Cl)C1CC[N+](=C2c3ccccc3CCc3ccccc32)CC1. The summed E-state index contributed by atoms with van der Waals surface area (Å²) in [5.41, 5.74) is 6.64. The number of hydrogen-bond donors (Lipinski definition) is 0. The molecule has 2 aromatic rings. The van der Waals surface area contributed by atoms with Gasteiger partial charge in [0.2, 0.25) is 9.50 Å². The van der Waals surface area contributed by atoms with Crippen molar-refractivity contribution in [2.75, 3.05) is 19.7 Å². The molecule has 0 N–H and O–H groups in total. The summed E-state index contributed by atoms with van der Waals surface area (Å²) in [4.78, 5) is 12.4. The van der Waals surface area contributed by atoms with E-state index in [1.165, 1.54) is 28.0 Å². The second kappa shape index (κ2) is 8.67. The summed E-state index contributed by atoms with van der Waals surface area (Å²) in [7, 11) is 0. The Kier molecular flexibility index (Phi) is 6.19. The van der Waals surface area contributed by atoms with Gasteiger partial charge in [-0.05, 0) is 36.1 Å². The van der Waals surface area contributed by atoms with E-state index in [-0.39, 0.29) is 18.5 Å². The van der Waals surface area contributed by atoms with Crippen LogP contribution in [0.2, 0.25) is 0 Å². The van der Waals surface area contributed by atoms with E-state index in [4.69, 9.17) is 39.5 Å². The normalized spacial score (nSPS) is 19.2. The zero-order valence-corrected chi connectivity index (χ0v) is 18.3. The fourth-order valence-electron chi connectivity index (χ4n) is 4.30. The maximum absolute atomic E-state index is 12.4. The van der Waals surface area contributed by atoms with Gasteiger partial charge in [-0.25, -0.2) is 4.58 Å². The molecule has 6 heteroatoms. The Hall–Kier alpha value is -1.55. The Labute approximate surface area is 186 Å². The van der Waals surface area contributed by atoms with Crippen LogP contribution in [0.25, 0.3) is 0 Å². The van der Waals surface area contributed by atoms with Gasteiger partial charge in [-0.2, -0.15) is 0 Å². The molecule has 0 amide bonds. The summed E-state index contributed by atoms with van der Waals surface area (Å²) in [6.07, 6.45) is 3.53. The predicted molar refractivity (Wildman–Crippen MR) is 117 cm³/mol. The maximum atomic E-state index is 12.4. The molecule has 1 aliphatic heterocycles. The van der Waals surface area contributed by atoms with Crippen molar-refractivity contribution in [1.29, 1.82) is 0 Å². The Balaban J connectivity index is 1.61. The van der Waals surface area contributed by atoms with Gasteiger partial charge in [-0.3, -0.25) is 4.79 Å². The van der Waals surface area contributed by atoms with Crippen LogP contribution in [0, 0.1) is 5.92 Å². The molecule has 4 rings (SSSR count). The standard InChI is InChI=1S/C23H23Cl3NO2/c24-23(25,26)15-29-22(28)18-11-13-27(14-12-18)21-19-7-3-1-5-16(19)9-10-17-6-2-4-8-20(17)21/h1-8,18H,9-15H2/q+1. The van der Waals surface area contributed by atoms with E-state index in [2.05, 4.69) is 53.1 Å². The second-order valence-corrected chi connectivity index (χ2v) is 10.2. The van der Waals surface area contributed by atoms with Gasteiger partial charge in [0, 0.05) is 24.0 Å². The number of halogens is 3. The van der Waals surface area contributed by atoms with Crippen LogP contribution in [0.4, 0.5) is 0 Å². The smallest absolute Gasteiger partial charge is 0.309 e. The van der Waals surface area contributed by atoms with Crippen molar-refractivity contribution >= 4 is 46.5 Å². The lowest BCUT2D eigenvalue weighted by Crippen LogP contribution is -2.36. The molecule has 1 heterocycles. The van der Waals surface area contributed by atoms with E-state index in [0.29, 0.717) is 0 Å². The average Bonchev–Trinajstić information content (AvgIpc) is 2.88. The number of esters is 1. The minimum Gasteiger partial charge on any atom is -0.461 e. The van der Waals surface area contributed by atoms with Crippen molar-refractivity contribution in [3.8, 4) is 0 Å². The third-order valence-corrected chi connectivity index (χ3v) is 6.06. The van der Waals surface area contributed by atoms with Gasteiger partial charge in [-0.1, -0.05) is 71.2 Å². The van der Waals surface area contributed by atoms with Crippen molar-refractivity contribution in [2.45, 2.75) is 29.5 Å². The number of nitrogens with zero attached hydrogens (tertiary/aromatic N) is 1. The van der Waals surface area contributed by atoms with Gasteiger partial charge in [0.1, 0.15) is 19.7 Å². The van der Waals surface area contributed by atoms with Crippen molar-refractivity contribution < 1.29 is 14.1 Å². The first-order valence-corrected chi connectivity index (χ1v) is 11.1. The molecule has 0 saturated carbocycles. The molecular weight excluding hydrogens is 429 g/mol. The molecule has 1 saturated heterocycles. The number of carbonyl (C=O) groups is 1. The minimum absolute atomic E-state index is 0.157. The molecule has 0 radical (unpaired) electrons. The molecule has 0 unspecified atom stereocenters. The number of fused-ring (bicyclic) bond motifs is 2. The number of rotatable bonds is 2. The van der Waals surface area contributed by atoms with Gasteiger partial charge in [-0.15, -0.1) is 0 Å². The average molecular weight is 452 g/mol. The van der Waals surface area contributed by atoms with Crippen molar-refractivity contribution in [3.05, 3.63) is 70.8 Å². The molecule has 0 aromatic heterocycles. The number of ether oxygens (including phenoxy) is 1. The summed E-state index contributed by atoms with van der Waals surface area (Å²) in [6, 6.07) is 17.3. The summed E-state index contributed by atoms with van der Waals surface area (Å²) < 4.78 is 6.05. The lowest BCUT2D eigenvalue weighted by molar-refractivity contribution is -0.539. The predicted octanol–water partition coefficient (Wildman–Crippen LogP) is 4.96. The summed E-state index contributed by atoms with van der Waals surface area (Å²) in [6.45, 7) is 1.38. The second-order valence-electron chi connectivity index (χ2n) is 7.65. The molecule has 0 atom stereocenters. The van der Waals surface area contributed by atoms with Crippen molar-refractivity contribution in [2.24, 2.45) is 5.92 Å². The fraction of sp³-hybridized carbons (Fsp3) is 0.391. The number of hydrogen-bond acceptors (Lipinski definition) is 2. The Bertz CT molecular complexity index is 890. The van der Waals surface area contributed by atoms with Crippen LogP contribution in [0.1, 0.15) is 35.1 Å². The Morgan fingerprint density at radius 3 is 1.97 bits per heavy atom. The molecule has 152 valence electrons. The number of aryl methyl sites for hydroxylation is 2. The third kappa shape index (κ3) is 4.79. The molecule has 1 aliphatic carbocycles. The third-order valence-electron chi connectivity index (χ3n) is 5.73. The molecule has 2 aliphatic rings. The molecule has 2 aromatic carbocycles. The van der Waals surface area contributed by atoms with E-state index >= 15 is 0 Å². The van der Waals surface area contributed by atoms with Crippen molar-refractivity contribution in [3.63, 3.8) is 0 Å². The highest BCUT2D eigenvalue weighted by atomic mass is 35.6. The number of piperidine rings is 1. The first kappa shape index (κ1) is 20.7. The topological polar surface area (TPSA) is 29.3 Å². The number of benzene rings is 2. The van der Waals surface area contributed by atoms with Crippen LogP contribution in [-0.2, 0) is 22.4 Å². The molecule has 0 spiro atoms. The highest BCUT2D eigenvalue weighted by molar-refractivity contribution is 6.67.